The number of benzene rings is 2. The van der Waals surface area contributed by atoms with Crippen molar-refractivity contribution in [1.29, 1.82) is 0 Å². The number of fused-ring (bicyclic) bond motifs is 1. The van der Waals surface area contributed by atoms with E-state index in [1.807, 2.05) is 17.0 Å². The Morgan fingerprint density at radius 1 is 1.07 bits per heavy atom. The molecule has 1 amide bonds. The number of rotatable bonds is 7. The Bertz CT molecular complexity index is 1720. The minimum Gasteiger partial charge on any atom is -0.495 e. The maximum Gasteiger partial charge on any atom is 0.277 e. The molecular weight excluding hydrogens is 536 g/mol. The number of nitrogens with one attached hydrogen (secondary N) is 2. The van der Waals surface area contributed by atoms with Gasteiger partial charge in [0.1, 0.15) is 22.8 Å². The van der Waals surface area contributed by atoms with Gasteiger partial charge in [0.05, 0.1) is 18.2 Å². The summed E-state index contributed by atoms with van der Waals surface area (Å²) >= 11 is 0. The Kier molecular flexibility index (Phi) is 7.43. The van der Waals surface area contributed by atoms with Gasteiger partial charge < -0.3 is 15.0 Å². The number of hydroxylamine groups is 1. The van der Waals surface area contributed by atoms with Crippen LogP contribution < -0.4 is 20.4 Å². The van der Waals surface area contributed by atoms with Crippen LogP contribution in [0.25, 0.3) is 10.9 Å². The van der Waals surface area contributed by atoms with E-state index in [1.54, 1.807) is 18.2 Å². The maximum absolute atomic E-state index is 13.8. The Morgan fingerprint density at radius 2 is 1.82 bits per heavy atom. The smallest absolute Gasteiger partial charge is 0.277 e. The monoisotopic (exact) mass is 560 g/mol. The van der Waals surface area contributed by atoms with E-state index in [4.69, 9.17) is 16.4 Å². The van der Waals surface area contributed by atoms with Gasteiger partial charge in [-0.15, -0.1) is 6.42 Å². The Morgan fingerprint density at radius 3 is 2.50 bits per heavy atom. The number of nitrogens with zero attached hydrogens (tertiary/aromatic N) is 6. The predicted octanol–water partition coefficient (Wildman–Crippen LogP) is 1.78. The van der Waals surface area contributed by atoms with Crippen molar-refractivity contribution in [1.82, 2.24) is 29.7 Å². The first-order valence-corrected chi connectivity index (χ1v) is 13.5. The lowest BCUT2D eigenvalue weighted by Crippen LogP contribution is -2.49. The molecule has 1 fully saturated rings. The number of terminal acetylenes is 1. The third-order valence-corrected chi connectivity index (χ3v) is 8.27. The van der Waals surface area contributed by atoms with E-state index < -0.39 is 15.9 Å². The molecule has 204 valence electrons. The average molecular weight is 561 g/mol. The molecule has 14 heteroatoms. The van der Waals surface area contributed by atoms with Gasteiger partial charge in [0.25, 0.3) is 5.91 Å². The maximum atomic E-state index is 13.8. The van der Waals surface area contributed by atoms with Crippen molar-refractivity contribution in [2.24, 2.45) is 0 Å². The van der Waals surface area contributed by atoms with Crippen LogP contribution in [0.1, 0.15) is 15.9 Å². The van der Waals surface area contributed by atoms with Crippen molar-refractivity contribution in [3.63, 3.8) is 0 Å². The lowest BCUT2D eigenvalue weighted by atomic mass is 10.2. The molecule has 40 heavy (non-hydrogen) atoms. The molecule has 0 spiro atoms. The van der Waals surface area contributed by atoms with Crippen LogP contribution in [0.2, 0.25) is 0 Å². The first kappa shape index (κ1) is 26.8. The first-order valence-electron chi connectivity index (χ1n) is 12.0. The summed E-state index contributed by atoms with van der Waals surface area (Å²) in [5.74, 6) is 2.78. The van der Waals surface area contributed by atoms with Crippen molar-refractivity contribution in [2.45, 2.75) is 4.90 Å². The second-order valence-corrected chi connectivity index (χ2v) is 10.6. The topological polar surface area (TPSA) is 163 Å². The lowest BCUT2D eigenvalue weighted by Gasteiger charge is -2.34. The highest BCUT2D eigenvalue weighted by molar-refractivity contribution is 7.89. The van der Waals surface area contributed by atoms with Crippen molar-refractivity contribution in [3.8, 4) is 18.1 Å². The van der Waals surface area contributed by atoms with Crippen LogP contribution in [0.3, 0.4) is 0 Å². The number of aromatic nitrogens is 4. The second kappa shape index (κ2) is 11.1. The van der Waals surface area contributed by atoms with Crippen LogP contribution in [0.5, 0.6) is 5.75 Å². The normalized spacial score (nSPS) is 14.0. The van der Waals surface area contributed by atoms with Gasteiger partial charge in [-0.2, -0.15) is 4.31 Å². The Hall–Kier alpha value is -4.84. The van der Waals surface area contributed by atoms with Gasteiger partial charge in [0.15, 0.2) is 0 Å². The molecule has 3 heterocycles. The van der Waals surface area contributed by atoms with Crippen LogP contribution in [0.4, 0.5) is 17.5 Å². The highest BCUT2D eigenvalue weighted by atomic mass is 32.2. The molecule has 1 aliphatic rings. The molecule has 3 N–H and O–H groups in total. The fraction of sp³-hybridized carbons (Fsp3) is 0.192. The van der Waals surface area contributed by atoms with Gasteiger partial charge in [-0.1, -0.05) is 12.0 Å². The molecule has 1 saturated heterocycles. The highest BCUT2D eigenvalue weighted by Gasteiger charge is 2.32. The average Bonchev–Trinajstić information content (AvgIpc) is 3.00. The summed E-state index contributed by atoms with van der Waals surface area (Å²) in [6.07, 6.45) is 9.47. The van der Waals surface area contributed by atoms with E-state index in [9.17, 15) is 13.2 Å². The molecule has 0 unspecified atom stereocenters. The molecule has 5 rings (SSSR count). The van der Waals surface area contributed by atoms with Crippen LogP contribution in [0.15, 0.2) is 60.0 Å². The van der Waals surface area contributed by atoms with Gasteiger partial charge in [-0.25, -0.2) is 33.8 Å². The van der Waals surface area contributed by atoms with Crippen LogP contribution >= 0.6 is 0 Å². The van der Waals surface area contributed by atoms with Gasteiger partial charge >= 0.3 is 0 Å². The van der Waals surface area contributed by atoms with Gasteiger partial charge in [-0.05, 0) is 24.3 Å². The zero-order valence-electron chi connectivity index (χ0n) is 21.3. The molecule has 4 aromatic rings. The second-order valence-electron chi connectivity index (χ2n) is 8.70. The van der Waals surface area contributed by atoms with Crippen molar-refractivity contribution >= 4 is 44.3 Å². The standard InChI is InChI=1S/C26H24N8O5S/c1-3-17-5-4-6-19(11-17)31-24-20-12-23(22(39-2)13-21(20)29-16-30-24)40(37,38)34-9-7-33(8-10-34)26-27-14-18(15-28-26)25(35)32-36/h1,4-6,11-16,36H,7-10H2,2H3,(H,32,35)(H,29,30,31). The number of amides is 1. The summed E-state index contributed by atoms with van der Waals surface area (Å²) in [4.78, 5) is 30.2. The molecule has 0 saturated carbocycles. The number of ether oxygens (including phenoxy) is 1. The summed E-state index contributed by atoms with van der Waals surface area (Å²) in [7, 11) is -2.57. The number of hydrogen-bond donors (Lipinski definition) is 3. The molecule has 2 aromatic heterocycles. The predicted molar refractivity (Wildman–Crippen MR) is 146 cm³/mol. The SMILES string of the molecule is C#Cc1cccc(Nc2ncnc3cc(OC)c(S(=O)(=O)N4CCN(c5ncc(C(=O)NO)cn5)CC4)cc23)c1. The van der Waals surface area contributed by atoms with Crippen molar-refractivity contribution in [2.75, 3.05) is 43.5 Å². The zero-order valence-corrected chi connectivity index (χ0v) is 22.1. The quantitative estimate of drug-likeness (QED) is 0.172. The van der Waals surface area contributed by atoms with Gasteiger partial charge in [0, 0.05) is 61.3 Å². The summed E-state index contributed by atoms with van der Waals surface area (Å²) in [5.41, 5.74) is 3.50. The van der Waals surface area contributed by atoms with Crippen LogP contribution in [0, 0.1) is 12.3 Å². The number of hydrogen-bond acceptors (Lipinski definition) is 11. The van der Waals surface area contributed by atoms with Crippen molar-refractivity contribution in [3.05, 3.63) is 66.2 Å². The number of methoxy groups -OCH3 is 1. The van der Waals surface area contributed by atoms with Crippen LogP contribution in [-0.4, -0.2) is 77.1 Å². The summed E-state index contributed by atoms with van der Waals surface area (Å²) in [6.45, 7) is 0.978. The number of carbonyl (C=O) groups excluding carboxylic acids is 1. The summed E-state index contributed by atoms with van der Waals surface area (Å²) in [6, 6.07) is 10.3. The summed E-state index contributed by atoms with van der Waals surface area (Å²) < 4.78 is 34.4. The third-order valence-electron chi connectivity index (χ3n) is 6.35. The molecule has 1 aliphatic heterocycles. The number of carbonyl (C=O) groups is 1. The fourth-order valence-electron chi connectivity index (χ4n) is 4.28. The number of sulfonamides is 1. The Balaban J connectivity index is 1.41. The van der Waals surface area contributed by atoms with E-state index in [2.05, 4.69) is 31.2 Å². The van der Waals surface area contributed by atoms with E-state index >= 15 is 0 Å². The van der Waals surface area contributed by atoms with Gasteiger partial charge in [0.2, 0.25) is 16.0 Å². The highest BCUT2D eigenvalue weighted by Crippen LogP contribution is 2.34. The van der Waals surface area contributed by atoms with Gasteiger partial charge in [-0.3, -0.25) is 10.0 Å². The first-order chi connectivity index (χ1) is 19.3. The molecule has 0 atom stereocenters. The zero-order chi connectivity index (χ0) is 28.3. The van der Waals surface area contributed by atoms with E-state index in [0.717, 1.165) is 0 Å². The van der Waals surface area contributed by atoms with Crippen molar-refractivity contribution < 1.29 is 23.2 Å². The number of anilines is 3. The molecule has 0 aliphatic carbocycles. The largest absolute Gasteiger partial charge is 0.495 e. The third kappa shape index (κ3) is 5.21. The molecule has 0 bridgehead atoms. The minimum atomic E-state index is -3.97. The van der Waals surface area contributed by atoms with Crippen LogP contribution in [-0.2, 0) is 10.0 Å². The number of piperazine rings is 1. The van der Waals surface area contributed by atoms with E-state index in [1.165, 1.54) is 41.7 Å². The fourth-order valence-corrected chi connectivity index (χ4v) is 5.87. The van der Waals surface area contributed by atoms with E-state index in [0.29, 0.717) is 47.0 Å². The molecule has 0 radical (unpaired) electrons. The summed E-state index contributed by atoms with van der Waals surface area (Å²) in [5, 5.41) is 12.4. The Labute approximate surface area is 229 Å². The molecule has 2 aromatic carbocycles. The molecule has 13 nitrogen and oxygen atoms in total. The van der Waals surface area contributed by atoms with E-state index in [-0.39, 0.29) is 29.3 Å². The molecular formula is C26H24N8O5S. The minimum absolute atomic E-state index is 0.0122. The lowest BCUT2D eigenvalue weighted by molar-refractivity contribution is 0.0705.